The van der Waals surface area contributed by atoms with E-state index in [2.05, 4.69) is 36.3 Å². The standard InChI is InChI=1S/C31H43FN4O3/c1-31(13-14-31)22-18-25(28(39-3)26(32)19-22)27(30(37)38)36-17-12-24(20-36)35(2)16-6-4-5-9-23-11-10-21-8-7-15-33-29(21)34-23/h10-11,18-19,24,27H,4-9,12-17,20H2,1-3H3,(H,33,34)(H,37,38)/t24-,27-/m1/s1. The molecule has 0 amide bonds. The summed E-state index contributed by atoms with van der Waals surface area (Å²) in [6.45, 7) is 5.40. The Labute approximate surface area is 231 Å². The van der Waals surface area contributed by atoms with Gasteiger partial charge < -0.3 is 20.1 Å². The third-order valence-corrected chi connectivity index (χ3v) is 9.08. The average molecular weight is 539 g/mol. The summed E-state index contributed by atoms with van der Waals surface area (Å²) in [5.74, 6) is -0.312. The summed E-state index contributed by atoms with van der Waals surface area (Å²) in [7, 11) is 3.55. The summed E-state index contributed by atoms with van der Waals surface area (Å²) in [6.07, 6.45) is 9.51. The SMILES string of the molecule is COc1c(F)cc(C2(C)CC2)cc1[C@H](C(=O)O)N1CC[C@@H](N(C)CCCCCc2ccc3c(n2)NCCC3)C1. The van der Waals surface area contributed by atoms with E-state index in [1.165, 1.54) is 25.2 Å². The van der Waals surface area contributed by atoms with Gasteiger partial charge in [0.15, 0.2) is 11.6 Å². The van der Waals surface area contributed by atoms with Crippen LogP contribution >= 0.6 is 0 Å². The van der Waals surface area contributed by atoms with Crippen LogP contribution in [0.3, 0.4) is 0 Å². The Morgan fingerprint density at radius 2 is 2.13 bits per heavy atom. The zero-order valence-corrected chi connectivity index (χ0v) is 23.6. The minimum Gasteiger partial charge on any atom is -0.493 e. The largest absolute Gasteiger partial charge is 0.493 e. The number of methoxy groups -OCH3 is 1. The Morgan fingerprint density at radius 3 is 2.87 bits per heavy atom. The fraction of sp³-hybridized carbons (Fsp3) is 0.613. The van der Waals surface area contributed by atoms with Crippen molar-refractivity contribution in [3.63, 3.8) is 0 Å². The highest BCUT2D eigenvalue weighted by Crippen LogP contribution is 2.49. The van der Waals surface area contributed by atoms with Crippen LogP contribution in [0.2, 0.25) is 0 Å². The molecule has 0 spiro atoms. The third kappa shape index (κ3) is 6.22. The Morgan fingerprint density at radius 1 is 1.31 bits per heavy atom. The van der Waals surface area contributed by atoms with Gasteiger partial charge in [-0.05, 0) is 99.7 Å². The Bertz CT molecular complexity index is 1180. The van der Waals surface area contributed by atoms with E-state index in [0.29, 0.717) is 18.7 Å². The minimum absolute atomic E-state index is 0.0522. The quantitative estimate of drug-likeness (QED) is 0.361. The summed E-state index contributed by atoms with van der Waals surface area (Å²) in [5, 5.41) is 13.7. The molecule has 2 aliphatic heterocycles. The van der Waals surface area contributed by atoms with Gasteiger partial charge >= 0.3 is 5.97 Å². The maximum Gasteiger partial charge on any atom is 0.325 e. The zero-order chi connectivity index (χ0) is 27.6. The van der Waals surface area contributed by atoms with Crippen LogP contribution in [0.25, 0.3) is 0 Å². The lowest BCUT2D eigenvalue weighted by atomic mass is 9.92. The lowest BCUT2D eigenvalue weighted by molar-refractivity contribution is -0.143. The van der Waals surface area contributed by atoms with Gasteiger partial charge in [0.05, 0.1) is 7.11 Å². The molecule has 2 fully saturated rings. The maximum absolute atomic E-state index is 15.0. The van der Waals surface area contributed by atoms with Crippen LogP contribution in [0.15, 0.2) is 24.3 Å². The number of pyridine rings is 1. The van der Waals surface area contributed by atoms with Gasteiger partial charge in [0, 0.05) is 36.9 Å². The summed E-state index contributed by atoms with van der Waals surface area (Å²) < 4.78 is 20.4. The fourth-order valence-corrected chi connectivity index (χ4v) is 6.24. The van der Waals surface area contributed by atoms with Crippen molar-refractivity contribution in [3.8, 4) is 5.75 Å². The molecular formula is C31H43FN4O3. The number of aryl methyl sites for hydroxylation is 2. The molecule has 1 saturated carbocycles. The molecule has 5 rings (SSSR count). The number of fused-ring (bicyclic) bond motifs is 1. The first-order valence-electron chi connectivity index (χ1n) is 14.6. The molecule has 1 aromatic heterocycles. The molecule has 0 radical (unpaired) electrons. The molecule has 0 bridgehead atoms. The molecule has 3 aliphatic rings. The van der Waals surface area contributed by atoms with E-state index >= 15 is 4.39 Å². The highest BCUT2D eigenvalue weighted by atomic mass is 19.1. The molecular weight excluding hydrogens is 495 g/mol. The smallest absolute Gasteiger partial charge is 0.325 e. The molecule has 1 aliphatic carbocycles. The second-order valence-electron chi connectivity index (χ2n) is 12.0. The Balaban J connectivity index is 1.14. The number of nitrogens with zero attached hydrogens (tertiary/aromatic N) is 3. The monoisotopic (exact) mass is 538 g/mol. The van der Waals surface area contributed by atoms with E-state index in [1.54, 1.807) is 0 Å². The lowest BCUT2D eigenvalue weighted by Gasteiger charge is -2.29. The average Bonchev–Trinajstić information content (AvgIpc) is 3.49. The molecule has 2 atom stereocenters. The Hall–Kier alpha value is -2.71. The number of likely N-dealkylation sites (tertiary alicyclic amines) is 1. The molecule has 2 N–H and O–H groups in total. The first kappa shape index (κ1) is 27.8. The molecule has 39 heavy (non-hydrogen) atoms. The number of hydrogen-bond donors (Lipinski definition) is 2. The van der Waals surface area contributed by atoms with Gasteiger partial charge in [0.25, 0.3) is 0 Å². The van der Waals surface area contributed by atoms with E-state index in [9.17, 15) is 9.90 Å². The van der Waals surface area contributed by atoms with Crippen LogP contribution in [0.4, 0.5) is 10.2 Å². The topological polar surface area (TPSA) is 77.9 Å². The van der Waals surface area contributed by atoms with Gasteiger partial charge in [0.2, 0.25) is 0 Å². The molecule has 1 aromatic carbocycles. The van der Waals surface area contributed by atoms with Gasteiger partial charge in [-0.2, -0.15) is 0 Å². The van der Waals surface area contributed by atoms with Crippen LogP contribution in [0.1, 0.15) is 80.3 Å². The van der Waals surface area contributed by atoms with Gasteiger partial charge in [-0.15, -0.1) is 0 Å². The summed E-state index contributed by atoms with van der Waals surface area (Å²) in [4.78, 5) is 21.7. The van der Waals surface area contributed by atoms with Crippen molar-refractivity contribution in [2.24, 2.45) is 0 Å². The van der Waals surface area contributed by atoms with Crippen LogP contribution in [0, 0.1) is 5.82 Å². The number of unbranched alkanes of at least 4 members (excludes halogenated alkanes) is 2. The number of carbonyl (C=O) groups is 1. The number of likely N-dealkylation sites (N-methyl/N-ethyl adjacent to an activating group) is 1. The van der Waals surface area contributed by atoms with Crippen LogP contribution < -0.4 is 10.1 Å². The van der Waals surface area contributed by atoms with E-state index in [4.69, 9.17) is 9.72 Å². The number of hydrogen-bond acceptors (Lipinski definition) is 6. The second-order valence-corrected chi connectivity index (χ2v) is 12.0. The predicted octanol–water partition coefficient (Wildman–Crippen LogP) is 5.18. The van der Waals surface area contributed by atoms with Crippen molar-refractivity contribution in [1.29, 1.82) is 0 Å². The number of carboxylic acids is 1. The lowest BCUT2D eigenvalue weighted by Crippen LogP contribution is -2.38. The van der Waals surface area contributed by atoms with Crippen LogP contribution in [0.5, 0.6) is 5.75 Å². The van der Waals surface area contributed by atoms with Crippen molar-refractivity contribution in [1.82, 2.24) is 14.8 Å². The van der Waals surface area contributed by atoms with Crippen molar-refractivity contribution < 1.29 is 19.0 Å². The van der Waals surface area contributed by atoms with Crippen LogP contribution in [-0.2, 0) is 23.1 Å². The minimum atomic E-state index is -0.958. The maximum atomic E-state index is 15.0. The van der Waals surface area contributed by atoms with Crippen molar-refractivity contribution in [2.45, 2.75) is 82.2 Å². The highest BCUT2D eigenvalue weighted by molar-refractivity contribution is 5.77. The predicted molar refractivity (Wildman–Crippen MR) is 151 cm³/mol. The molecule has 3 heterocycles. The number of nitrogens with one attached hydrogen (secondary N) is 1. The van der Waals surface area contributed by atoms with E-state index in [-0.39, 0.29) is 17.2 Å². The van der Waals surface area contributed by atoms with E-state index in [1.807, 2.05) is 11.0 Å². The number of benzene rings is 1. The molecule has 8 heteroatoms. The van der Waals surface area contributed by atoms with Gasteiger partial charge in [-0.1, -0.05) is 19.4 Å². The normalized spacial score (nSPS) is 20.9. The van der Waals surface area contributed by atoms with E-state index < -0.39 is 17.8 Å². The number of halogens is 1. The number of rotatable bonds is 12. The first-order valence-corrected chi connectivity index (χ1v) is 14.6. The summed E-state index contributed by atoms with van der Waals surface area (Å²) in [6, 6.07) is 7.14. The summed E-state index contributed by atoms with van der Waals surface area (Å²) >= 11 is 0. The number of carboxylic acid groups (broad SMARTS) is 1. The fourth-order valence-electron chi connectivity index (χ4n) is 6.24. The zero-order valence-electron chi connectivity index (χ0n) is 23.6. The first-order chi connectivity index (χ1) is 18.8. The van der Waals surface area contributed by atoms with Gasteiger partial charge in [-0.3, -0.25) is 9.69 Å². The van der Waals surface area contributed by atoms with Crippen molar-refractivity contribution in [3.05, 3.63) is 52.5 Å². The molecule has 2 aromatic rings. The molecule has 0 unspecified atom stereocenters. The number of aliphatic carboxylic acids is 1. The summed E-state index contributed by atoms with van der Waals surface area (Å²) in [5.41, 5.74) is 3.73. The Kier molecular flexibility index (Phi) is 8.43. The van der Waals surface area contributed by atoms with Crippen LogP contribution in [-0.4, -0.2) is 72.2 Å². The van der Waals surface area contributed by atoms with Crippen molar-refractivity contribution >= 4 is 11.8 Å². The van der Waals surface area contributed by atoms with Gasteiger partial charge in [-0.25, -0.2) is 9.37 Å². The van der Waals surface area contributed by atoms with Crippen molar-refractivity contribution in [2.75, 3.05) is 45.7 Å². The molecule has 212 valence electrons. The second kappa shape index (κ2) is 11.8. The highest BCUT2D eigenvalue weighted by Gasteiger charge is 2.42. The molecule has 1 saturated heterocycles. The number of aromatic nitrogens is 1. The van der Waals surface area contributed by atoms with Gasteiger partial charge in [0.1, 0.15) is 11.9 Å². The number of ether oxygens (including phenoxy) is 1. The van der Waals surface area contributed by atoms with E-state index in [0.717, 1.165) is 81.5 Å². The number of anilines is 1. The third-order valence-electron chi connectivity index (χ3n) is 9.08. The molecule has 7 nitrogen and oxygen atoms in total.